The molecular formula is C13H14O3. The molecule has 3 nitrogen and oxygen atoms in total. The van der Waals surface area contributed by atoms with Crippen LogP contribution in [-0.4, -0.2) is 12.1 Å². The largest absolute Gasteiger partial charge is 0.491 e. The molecule has 1 aliphatic rings. The predicted octanol–water partition coefficient (Wildman–Crippen LogP) is 2.59. The first kappa shape index (κ1) is 10.7. The third-order valence-electron chi connectivity index (χ3n) is 2.23. The van der Waals surface area contributed by atoms with Crippen LogP contribution in [0.5, 0.6) is 0 Å². The Balaban J connectivity index is 2.22. The average molecular weight is 218 g/mol. The molecule has 16 heavy (non-hydrogen) atoms. The summed E-state index contributed by atoms with van der Waals surface area (Å²) in [5.41, 5.74) is 0.931. The van der Waals surface area contributed by atoms with E-state index in [-0.39, 0.29) is 12.1 Å². The number of cyclic esters (lactones) is 1. The second kappa shape index (κ2) is 4.39. The number of hydrogen-bond donors (Lipinski definition) is 0. The summed E-state index contributed by atoms with van der Waals surface area (Å²) in [6.45, 7) is 3.84. The maximum absolute atomic E-state index is 11.2. The van der Waals surface area contributed by atoms with Gasteiger partial charge >= 0.3 is 5.97 Å². The third-order valence-corrected chi connectivity index (χ3v) is 2.23. The van der Waals surface area contributed by atoms with Crippen LogP contribution in [0.2, 0.25) is 0 Å². The van der Waals surface area contributed by atoms with Crippen LogP contribution in [0.1, 0.15) is 25.5 Å². The monoisotopic (exact) mass is 218 g/mol. The van der Waals surface area contributed by atoms with Crippen molar-refractivity contribution in [3.05, 3.63) is 47.7 Å². The molecule has 2 rings (SSSR count). The lowest BCUT2D eigenvalue weighted by Gasteiger charge is -2.17. The van der Waals surface area contributed by atoms with E-state index >= 15 is 0 Å². The van der Waals surface area contributed by atoms with Crippen LogP contribution < -0.4 is 0 Å². The molecular weight excluding hydrogens is 204 g/mol. The molecule has 84 valence electrons. The maximum Gasteiger partial charge on any atom is 0.335 e. The Morgan fingerprint density at radius 3 is 2.56 bits per heavy atom. The molecule has 0 saturated carbocycles. The van der Waals surface area contributed by atoms with E-state index in [0.717, 1.165) is 5.56 Å². The predicted molar refractivity (Wildman–Crippen MR) is 59.6 cm³/mol. The van der Waals surface area contributed by atoms with Crippen molar-refractivity contribution in [1.82, 2.24) is 0 Å². The first-order valence-electron chi connectivity index (χ1n) is 5.30. The molecule has 0 amide bonds. The fraction of sp³-hybridized carbons (Fsp3) is 0.308. The second-order valence-corrected chi connectivity index (χ2v) is 3.94. The Morgan fingerprint density at radius 2 is 1.94 bits per heavy atom. The topological polar surface area (TPSA) is 35.5 Å². The summed E-state index contributed by atoms with van der Waals surface area (Å²) in [4.78, 5) is 11.2. The van der Waals surface area contributed by atoms with E-state index in [1.54, 1.807) is 0 Å². The highest BCUT2D eigenvalue weighted by atomic mass is 16.6. The molecule has 0 fully saturated rings. The Labute approximate surface area is 94.7 Å². The SMILES string of the molecule is CC(C)OC1=CC(=O)OC1c1ccccc1. The van der Waals surface area contributed by atoms with Crippen LogP contribution in [-0.2, 0) is 14.3 Å². The lowest BCUT2D eigenvalue weighted by molar-refractivity contribution is -0.139. The minimum absolute atomic E-state index is 0.0342. The average Bonchev–Trinajstić information content (AvgIpc) is 2.60. The van der Waals surface area contributed by atoms with E-state index < -0.39 is 6.10 Å². The van der Waals surface area contributed by atoms with E-state index in [0.29, 0.717) is 5.76 Å². The highest BCUT2D eigenvalue weighted by Gasteiger charge is 2.29. The number of hydrogen-bond acceptors (Lipinski definition) is 3. The quantitative estimate of drug-likeness (QED) is 0.731. The van der Waals surface area contributed by atoms with Gasteiger partial charge in [-0.2, -0.15) is 0 Å². The van der Waals surface area contributed by atoms with Crippen LogP contribution in [0.25, 0.3) is 0 Å². The minimum atomic E-state index is -0.393. The summed E-state index contributed by atoms with van der Waals surface area (Å²) in [5.74, 6) is 0.246. The van der Waals surface area contributed by atoms with Crippen molar-refractivity contribution in [1.29, 1.82) is 0 Å². The lowest BCUT2D eigenvalue weighted by Crippen LogP contribution is -2.09. The third kappa shape index (κ3) is 2.24. The molecule has 0 aliphatic carbocycles. The van der Waals surface area contributed by atoms with E-state index in [9.17, 15) is 4.79 Å². The van der Waals surface area contributed by atoms with Crippen LogP contribution in [0, 0.1) is 0 Å². The van der Waals surface area contributed by atoms with E-state index in [1.165, 1.54) is 6.08 Å². The molecule has 1 aromatic rings. The van der Waals surface area contributed by atoms with Gasteiger partial charge in [0.2, 0.25) is 0 Å². The summed E-state index contributed by atoms with van der Waals surface area (Å²) in [5, 5.41) is 0. The van der Waals surface area contributed by atoms with Gasteiger partial charge in [0.05, 0.1) is 12.2 Å². The summed E-state index contributed by atoms with van der Waals surface area (Å²) < 4.78 is 10.8. The van der Waals surface area contributed by atoms with Gasteiger partial charge in [0.1, 0.15) is 5.76 Å². The highest BCUT2D eigenvalue weighted by Crippen LogP contribution is 2.32. The highest BCUT2D eigenvalue weighted by molar-refractivity contribution is 5.85. The van der Waals surface area contributed by atoms with Gasteiger partial charge in [-0.25, -0.2) is 4.79 Å². The Hall–Kier alpha value is -1.77. The standard InChI is InChI=1S/C13H14O3/c1-9(2)15-11-8-12(14)16-13(11)10-6-4-3-5-7-10/h3-9,13H,1-2H3. The Bertz CT molecular complexity index is 406. The fourth-order valence-electron chi connectivity index (χ4n) is 1.63. The van der Waals surface area contributed by atoms with Crippen molar-refractivity contribution < 1.29 is 14.3 Å². The van der Waals surface area contributed by atoms with Gasteiger partial charge in [0, 0.05) is 5.56 Å². The smallest absolute Gasteiger partial charge is 0.335 e. The van der Waals surface area contributed by atoms with Gasteiger partial charge in [-0.05, 0) is 13.8 Å². The zero-order valence-corrected chi connectivity index (χ0v) is 9.34. The molecule has 1 heterocycles. The molecule has 1 atom stereocenters. The van der Waals surface area contributed by atoms with Crippen molar-refractivity contribution in [2.24, 2.45) is 0 Å². The van der Waals surface area contributed by atoms with Crippen LogP contribution >= 0.6 is 0 Å². The first-order valence-corrected chi connectivity index (χ1v) is 5.30. The number of benzene rings is 1. The molecule has 1 unspecified atom stereocenters. The van der Waals surface area contributed by atoms with Crippen molar-refractivity contribution in [2.75, 3.05) is 0 Å². The van der Waals surface area contributed by atoms with Crippen LogP contribution in [0.15, 0.2) is 42.2 Å². The molecule has 1 aliphatic heterocycles. The van der Waals surface area contributed by atoms with E-state index in [1.807, 2.05) is 44.2 Å². The van der Waals surface area contributed by atoms with Gasteiger partial charge in [0.25, 0.3) is 0 Å². The van der Waals surface area contributed by atoms with Crippen molar-refractivity contribution >= 4 is 5.97 Å². The lowest BCUT2D eigenvalue weighted by atomic mass is 10.1. The molecule has 0 N–H and O–H groups in total. The molecule has 0 saturated heterocycles. The summed E-state index contributed by atoms with van der Waals surface area (Å²) >= 11 is 0. The van der Waals surface area contributed by atoms with Gasteiger partial charge in [-0.3, -0.25) is 0 Å². The fourth-order valence-corrected chi connectivity index (χ4v) is 1.63. The first-order chi connectivity index (χ1) is 7.66. The molecule has 3 heteroatoms. The number of carbonyl (C=O) groups is 1. The molecule has 0 spiro atoms. The zero-order valence-electron chi connectivity index (χ0n) is 9.34. The number of ether oxygens (including phenoxy) is 2. The van der Waals surface area contributed by atoms with Gasteiger partial charge in [-0.1, -0.05) is 30.3 Å². The Kier molecular flexibility index (Phi) is 2.95. The molecule has 0 radical (unpaired) electrons. The van der Waals surface area contributed by atoms with Crippen LogP contribution in [0.3, 0.4) is 0 Å². The van der Waals surface area contributed by atoms with Gasteiger partial charge in [-0.15, -0.1) is 0 Å². The summed E-state index contributed by atoms with van der Waals surface area (Å²) in [6, 6.07) is 9.58. The van der Waals surface area contributed by atoms with Crippen LogP contribution in [0.4, 0.5) is 0 Å². The second-order valence-electron chi connectivity index (χ2n) is 3.94. The molecule has 0 aromatic heterocycles. The van der Waals surface area contributed by atoms with Crippen molar-refractivity contribution in [2.45, 2.75) is 26.1 Å². The van der Waals surface area contributed by atoms with Gasteiger partial charge in [0.15, 0.2) is 6.10 Å². The summed E-state index contributed by atoms with van der Waals surface area (Å²) in [7, 11) is 0. The summed E-state index contributed by atoms with van der Waals surface area (Å²) in [6.07, 6.45) is 1.06. The van der Waals surface area contributed by atoms with Crippen molar-refractivity contribution in [3.8, 4) is 0 Å². The number of rotatable bonds is 3. The van der Waals surface area contributed by atoms with E-state index in [4.69, 9.17) is 9.47 Å². The normalized spacial score (nSPS) is 19.6. The maximum atomic E-state index is 11.2. The number of carbonyl (C=O) groups excluding carboxylic acids is 1. The molecule has 1 aromatic carbocycles. The van der Waals surface area contributed by atoms with Crippen molar-refractivity contribution in [3.63, 3.8) is 0 Å². The van der Waals surface area contributed by atoms with E-state index in [2.05, 4.69) is 0 Å². The Morgan fingerprint density at radius 1 is 1.25 bits per heavy atom. The van der Waals surface area contributed by atoms with Gasteiger partial charge < -0.3 is 9.47 Å². The minimum Gasteiger partial charge on any atom is -0.491 e. The zero-order chi connectivity index (χ0) is 11.5. The molecule has 0 bridgehead atoms. The number of esters is 1.